The molecule has 0 spiro atoms. The lowest BCUT2D eigenvalue weighted by Gasteiger charge is -2.27. The third-order valence-electron chi connectivity index (χ3n) is 3.63. The molecule has 1 fully saturated rings. The van der Waals surface area contributed by atoms with E-state index in [1.807, 2.05) is 6.92 Å². The Bertz CT molecular complexity index is 592. The van der Waals surface area contributed by atoms with Gasteiger partial charge in [0.1, 0.15) is 4.90 Å². The predicted molar refractivity (Wildman–Crippen MR) is 70.7 cm³/mol. The van der Waals surface area contributed by atoms with Gasteiger partial charge in [0.2, 0.25) is 0 Å². The topological polar surface area (TPSA) is 55.4 Å². The summed E-state index contributed by atoms with van der Waals surface area (Å²) in [5.74, 6) is -0.794. The van der Waals surface area contributed by atoms with Crippen molar-refractivity contribution >= 4 is 9.84 Å². The van der Waals surface area contributed by atoms with Gasteiger partial charge in [0.25, 0.3) is 0 Å². The SMILES string of the molecule is COc1c(C2(C)CCCN2)ccc(S(C)(=O)=O)c1F. The zero-order valence-electron chi connectivity index (χ0n) is 11.3. The van der Waals surface area contributed by atoms with Crippen LogP contribution in [0.1, 0.15) is 25.3 Å². The number of nitrogens with one attached hydrogen (secondary N) is 1. The first-order valence-electron chi connectivity index (χ1n) is 6.11. The second-order valence-corrected chi connectivity index (χ2v) is 7.08. The Hall–Kier alpha value is -1.14. The van der Waals surface area contributed by atoms with E-state index in [0.29, 0.717) is 5.56 Å². The summed E-state index contributed by atoms with van der Waals surface area (Å²) >= 11 is 0. The summed E-state index contributed by atoms with van der Waals surface area (Å²) < 4.78 is 42.5. The zero-order chi connectivity index (χ0) is 14.3. The molecule has 6 heteroatoms. The summed E-state index contributed by atoms with van der Waals surface area (Å²) in [7, 11) is -2.25. The highest BCUT2D eigenvalue weighted by Gasteiger charge is 2.35. The molecule has 4 nitrogen and oxygen atoms in total. The average Bonchev–Trinajstić information content (AvgIpc) is 2.75. The molecule has 1 unspecified atom stereocenters. The number of hydrogen-bond acceptors (Lipinski definition) is 4. The van der Waals surface area contributed by atoms with Gasteiger partial charge in [-0.1, -0.05) is 6.07 Å². The molecule has 0 aromatic heterocycles. The highest BCUT2D eigenvalue weighted by atomic mass is 32.2. The predicted octanol–water partition coefficient (Wildman–Crippen LogP) is 1.84. The Morgan fingerprint density at radius 2 is 2.11 bits per heavy atom. The molecule has 1 aromatic rings. The maximum absolute atomic E-state index is 14.3. The molecule has 1 aliphatic rings. The summed E-state index contributed by atoms with van der Waals surface area (Å²) in [6, 6.07) is 2.95. The summed E-state index contributed by atoms with van der Waals surface area (Å²) in [4.78, 5) is -0.324. The van der Waals surface area contributed by atoms with Crippen LogP contribution in [0.3, 0.4) is 0 Å². The van der Waals surface area contributed by atoms with Gasteiger partial charge in [0, 0.05) is 17.4 Å². The smallest absolute Gasteiger partial charge is 0.183 e. The quantitative estimate of drug-likeness (QED) is 0.921. The molecule has 2 rings (SSSR count). The van der Waals surface area contributed by atoms with Gasteiger partial charge in [-0.3, -0.25) is 0 Å². The number of sulfone groups is 1. The van der Waals surface area contributed by atoms with Crippen LogP contribution < -0.4 is 10.1 Å². The minimum atomic E-state index is -3.60. The normalized spacial score (nSPS) is 23.6. The minimum absolute atomic E-state index is 0.0137. The summed E-state index contributed by atoms with van der Waals surface area (Å²) in [6.07, 6.45) is 2.84. The molecule has 1 aromatic carbocycles. The molecule has 0 radical (unpaired) electrons. The van der Waals surface area contributed by atoms with Crippen molar-refractivity contribution in [3.8, 4) is 5.75 Å². The van der Waals surface area contributed by atoms with Crippen molar-refractivity contribution < 1.29 is 17.5 Å². The van der Waals surface area contributed by atoms with E-state index in [1.165, 1.54) is 13.2 Å². The second-order valence-electron chi connectivity index (χ2n) is 5.09. The van der Waals surface area contributed by atoms with Gasteiger partial charge in [-0.2, -0.15) is 0 Å². The minimum Gasteiger partial charge on any atom is -0.493 e. The largest absolute Gasteiger partial charge is 0.493 e. The molecular formula is C13H18FNO3S. The highest BCUT2D eigenvalue weighted by molar-refractivity contribution is 7.90. The first-order chi connectivity index (χ1) is 8.79. The highest BCUT2D eigenvalue weighted by Crippen LogP contribution is 2.39. The van der Waals surface area contributed by atoms with Crippen molar-refractivity contribution in [2.45, 2.75) is 30.2 Å². The second kappa shape index (κ2) is 4.76. The van der Waals surface area contributed by atoms with E-state index in [1.54, 1.807) is 6.07 Å². The lowest BCUT2D eigenvalue weighted by molar-refractivity contribution is 0.346. The Morgan fingerprint density at radius 1 is 1.42 bits per heavy atom. The van der Waals surface area contributed by atoms with Gasteiger partial charge in [0.15, 0.2) is 21.4 Å². The summed E-state index contributed by atoms with van der Waals surface area (Å²) in [5.41, 5.74) is 0.291. The van der Waals surface area contributed by atoms with Gasteiger partial charge >= 0.3 is 0 Å². The molecule has 1 saturated heterocycles. The number of hydrogen-bond donors (Lipinski definition) is 1. The fourth-order valence-corrected chi connectivity index (χ4v) is 3.32. The number of benzene rings is 1. The van der Waals surface area contributed by atoms with Crippen LogP contribution in [-0.4, -0.2) is 28.3 Å². The van der Waals surface area contributed by atoms with Crippen molar-refractivity contribution in [2.24, 2.45) is 0 Å². The van der Waals surface area contributed by atoms with Crippen LogP contribution in [0.15, 0.2) is 17.0 Å². The number of rotatable bonds is 3. The van der Waals surface area contributed by atoms with Gasteiger partial charge < -0.3 is 10.1 Å². The van der Waals surface area contributed by atoms with Crippen LogP contribution in [0, 0.1) is 5.82 Å². The van der Waals surface area contributed by atoms with Crippen molar-refractivity contribution in [1.82, 2.24) is 5.32 Å². The molecule has 0 amide bonds. The average molecular weight is 287 g/mol. The van der Waals surface area contributed by atoms with E-state index < -0.39 is 15.7 Å². The molecular weight excluding hydrogens is 269 g/mol. The van der Waals surface area contributed by atoms with Gasteiger partial charge in [-0.25, -0.2) is 12.8 Å². The van der Waals surface area contributed by atoms with Crippen LogP contribution >= 0.6 is 0 Å². The van der Waals surface area contributed by atoms with E-state index >= 15 is 0 Å². The third kappa shape index (κ3) is 2.47. The fraction of sp³-hybridized carbons (Fsp3) is 0.538. The van der Waals surface area contributed by atoms with Crippen molar-refractivity contribution in [3.05, 3.63) is 23.5 Å². The van der Waals surface area contributed by atoms with E-state index in [0.717, 1.165) is 25.6 Å². The summed E-state index contributed by atoms with van der Waals surface area (Å²) in [5, 5.41) is 3.31. The molecule has 1 heterocycles. The number of halogens is 1. The Balaban J connectivity index is 2.62. The Labute approximate surface area is 112 Å². The lowest BCUT2D eigenvalue weighted by Crippen LogP contribution is -2.33. The van der Waals surface area contributed by atoms with Crippen molar-refractivity contribution in [2.75, 3.05) is 19.9 Å². The molecule has 19 heavy (non-hydrogen) atoms. The van der Waals surface area contributed by atoms with Gasteiger partial charge in [-0.05, 0) is 32.4 Å². The first kappa shape index (κ1) is 14.3. The zero-order valence-corrected chi connectivity index (χ0v) is 12.1. The molecule has 1 atom stereocenters. The maximum Gasteiger partial charge on any atom is 0.183 e. The number of methoxy groups -OCH3 is 1. The lowest BCUT2D eigenvalue weighted by atomic mass is 9.89. The van der Waals surface area contributed by atoms with Crippen LogP contribution in [0.25, 0.3) is 0 Å². The van der Waals surface area contributed by atoms with E-state index in [-0.39, 0.29) is 16.2 Å². The van der Waals surface area contributed by atoms with Crippen LogP contribution in [0.4, 0.5) is 4.39 Å². The van der Waals surface area contributed by atoms with E-state index in [2.05, 4.69) is 5.32 Å². The molecule has 0 bridgehead atoms. The van der Waals surface area contributed by atoms with Crippen LogP contribution in [0.5, 0.6) is 5.75 Å². The van der Waals surface area contributed by atoms with Crippen LogP contribution in [0.2, 0.25) is 0 Å². The van der Waals surface area contributed by atoms with Gasteiger partial charge in [0.05, 0.1) is 7.11 Å². The number of ether oxygens (including phenoxy) is 1. The third-order valence-corrected chi connectivity index (χ3v) is 4.74. The summed E-state index contributed by atoms with van der Waals surface area (Å²) in [6.45, 7) is 2.83. The molecule has 0 saturated carbocycles. The Morgan fingerprint density at radius 3 is 2.58 bits per heavy atom. The molecule has 106 valence electrons. The Kier molecular flexibility index (Phi) is 3.57. The molecule has 1 aliphatic heterocycles. The standard InChI is InChI=1S/C13H18FNO3S/c1-13(7-4-8-15-13)9-5-6-10(19(3,16)17)11(14)12(9)18-2/h5-6,15H,4,7-8H2,1-3H3. The van der Waals surface area contributed by atoms with E-state index in [4.69, 9.17) is 4.74 Å². The molecule has 0 aliphatic carbocycles. The van der Waals surface area contributed by atoms with E-state index in [9.17, 15) is 12.8 Å². The van der Waals surface area contributed by atoms with Crippen molar-refractivity contribution in [3.63, 3.8) is 0 Å². The molecule has 1 N–H and O–H groups in total. The monoisotopic (exact) mass is 287 g/mol. The first-order valence-corrected chi connectivity index (χ1v) is 8.01. The maximum atomic E-state index is 14.3. The van der Waals surface area contributed by atoms with Crippen LogP contribution in [-0.2, 0) is 15.4 Å². The van der Waals surface area contributed by atoms with Crippen molar-refractivity contribution in [1.29, 1.82) is 0 Å². The van der Waals surface area contributed by atoms with Gasteiger partial charge in [-0.15, -0.1) is 0 Å². The fourth-order valence-electron chi connectivity index (χ4n) is 2.58.